The van der Waals surface area contributed by atoms with Crippen molar-refractivity contribution < 1.29 is 24.3 Å². The lowest BCUT2D eigenvalue weighted by Crippen LogP contribution is -2.22. The predicted molar refractivity (Wildman–Crippen MR) is 163 cm³/mol. The Morgan fingerprint density at radius 3 is 2.07 bits per heavy atom. The molecule has 43 heavy (non-hydrogen) atoms. The normalized spacial score (nSPS) is 16.5. The maximum absolute atomic E-state index is 13.8. The average Bonchev–Trinajstić information content (AvgIpc) is 3.51. The fraction of sp³-hybridized carbons (Fsp3) is 0.0270. The zero-order valence-electron chi connectivity index (χ0n) is 22.6. The molecule has 1 atom stereocenters. The molecule has 2 aliphatic rings. The summed E-state index contributed by atoms with van der Waals surface area (Å²) in [7, 11) is 0. The minimum Gasteiger partial charge on any atom is -0.481 e. The Hall–Kier alpha value is -5.88. The van der Waals surface area contributed by atoms with Crippen LogP contribution in [-0.4, -0.2) is 33.0 Å². The van der Waals surface area contributed by atoms with Gasteiger partial charge < -0.3 is 9.67 Å². The van der Waals surface area contributed by atoms with E-state index in [-0.39, 0.29) is 22.9 Å². The second-order valence-electron chi connectivity index (χ2n) is 10.8. The zero-order valence-corrected chi connectivity index (χ0v) is 22.6. The summed E-state index contributed by atoms with van der Waals surface area (Å²) in [5.74, 6) is -2.78. The Morgan fingerprint density at radius 1 is 0.628 bits per heavy atom. The number of para-hydroxylation sites is 1. The van der Waals surface area contributed by atoms with Gasteiger partial charge in [0, 0.05) is 38.6 Å². The van der Waals surface area contributed by atoms with Crippen LogP contribution in [0.2, 0.25) is 0 Å². The number of carbonyl (C=O) groups is 4. The van der Waals surface area contributed by atoms with Gasteiger partial charge in [-0.15, -0.1) is 0 Å². The summed E-state index contributed by atoms with van der Waals surface area (Å²) in [6.45, 7) is 0. The summed E-state index contributed by atoms with van der Waals surface area (Å²) in [6, 6.07) is 32.6. The number of aliphatic carboxylic acids is 1. The van der Waals surface area contributed by atoms with Crippen LogP contribution < -0.4 is 0 Å². The van der Waals surface area contributed by atoms with Crippen molar-refractivity contribution in [2.45, 2.75) is 5.92 Å². The van der Waals surface area contributed by atoms with Crippen molar-refractivity contribution in [3.8, 4) is 5.69 Å². The Balaban J connectivity index is 1.34. The molecule has 0 saturated heterocycles. The molecule has 0 amide bonds. The van der Waals surface area contributed by atoms with E-state index in [1.165, 1.54) is 0 Å². The van der Waals surface area contributed by atoms with E-state index in [0.717, 1.165) is 21.8 Å². The van der Waals surface area contributed by atoms with E-state index in [1.54, 1.807) is 66.7 Å². The molecule has 0 radical (unpaired) electrons. The molecule has 2 aliphatic carbocycles. The number of carboxylic acids is 1. The van der Waals surface area contributed by atoms with Gasteiger partial charge in [0.1, 0.15) is 5.92 Å². The molecular weight excluding hydrogens is 538 g/mol. The smallest absolute Gasteiger partial charge is 0.315 e. The first kappa shape index (κ1) is 24.9. The Kier molecular flexibility index (Phi) is 5.24. The van der Waals surface area contributed by atoms with Gasteiger partial charge in [-0.3, -0.25) is 19.2 Å². The van der Waals surface area contributed by atoms with Gasteiger partial charge in [0.05, 0.1) is 22.3 Å². The molecular formula is C37H21NO5. The highest BCUT2D eigenvalue weighted by molar-refractivity contribution is 6.30. The second-order valence-corrected chi connectivity index (χ2v) is 10.8. The van der Waals surface area contributed by atoms with Crippen LogP contribution in [0, 0.1) is 0 Å². The number of aromatic nitrogens is 1. The number of hydrogen-bond donors (Lipinski definition) is 1. The molecule has 8 rings (SSSR count). The highest BCUT2D eigenvalue weighted by Gasteiger charge is 2.39. The van der Waals surface area contributed by atoms with E-state index in [2.05, 4.69) is 0 Å². The van der Waals surface area contributed by atoms with Gasteiger partial charge in [0.2, 0.25) is 0 Å². The highest BCUT2D eigenvalue weighted by Crippen LogP contribution is 2.41. The number of fused-ring (bicyclic) bond motifs is 6. The molecule has 0 bridgehead atoms. The van der Waals surface area contributed by atoms with E-state index >= 15 is 0 Å². The molecule has 0 spiro atoms. The molecule has 0 aliphatic heterocycles. The van der Waals surface area contributed by atoms with Crippen LogP contribution in [-0.2, 0) is 4.79 Å². The lowest BCUT2D eigenvalue weighted by Gasteiger charge is -2.21. The van der Waals surface area contributed by atoms with Gasteiger partial charge in [-0.05, 0) is 41.5 Å². The number of Topliss-reactive ketones (excluding diaryl/α,β-unsaturated/α-hetero) is 1. The van der Waals surface area contributed by atoms with Crippen LogP contribution >= 0.6 is 0 Å². The molecule has 0 saturated carbocycles. The SMILES string of the molecule is O=C1C(=Cc2ccc3c(c2)c2ccccc2n3-c2cccc3c2C(=O)c2ccccc2C3=O)C(C(=O)O)c2ccccc21. The maximum Gasteiger partial charge on any atom is 0.315 e. The molecule has 6 heteroatoms. The third-order valence-electron chi connectivity index (χ3n) is 8.53. The fourth-order valence-electron chi connectivity index (χ4n) is 6.66. The van der Waals surface area contributed by atoms with Crippen molar-refractivity contribution >= 4 is 51.2 Å². The van der Waals surface area contributed by atoms with E-state index in [1.807, 2.05) is 53.1 Å². The van der Waals surface area contributed by atoms with Crippen LogP contribution in [0.3, 0.4) is 0 Å². The largest absolute Gasteiger partial charge is 0.481 e. The topological polar surface area (TPSA) is 93.4 Å². The van der Waals surface area contributed by atoms with E-state index in [4.69, 9.17) is 0 Å². The molecule has 5 aromatic carbocycles. The highest BCUT2D eigenvalue weighted by atomic mass is 16.4. The van der Waals surface area contributed by atoms with Gasteiger partial charge in [0.25, 0.3) is 0 Å². The summed E-state index contributed by atoms with van der Waals surface area (Å²) in [6.07, 6.45) is 1.66. The van der Waals surface area contributed by atoms with Crippen molar-refractivity contribution in [3.05, 3.63) is 154 Å². The quantitative estimate of drug-likeness (QED) is 0.235. The number of rotatable bonds is 3. The Labute approximate surface area is 245 Å². The predicted octanol–water partition coefficient (Wildman–Crippen LogP) is 7.01. The second kappa shape index (κ2) is 9.06. The van der Waals surface area contributed by atoms with Crippen LogP contribution in [0.4, 0.5) is 0 Å². The van der Waals surface area contributed by atoms with E-state index in [0.29, 0.717) is 44.6 Å². The molecule has 0 fully saturated rings. The van der Waals surface area contributed by atoms with E-state index in [9.17, 15) is 24.3 Å². The molecule has 6 aromatic rings. The average molecular weight is 560 g/mol. The number of ketones is 3. The fourth-order valence-corrected chi connectivity index (χ4v) is 6.66. The van der Waals surface area contributed by atoms with Crippen LogP contribution in [0.5, 0.6) is 0 Å². The number of hydrogen-bond acceptors (Lipinski definition) is 4. The molecule has 1 unspecified atom stereocenters. The van der Waals surface area contributed by atoms with Crippen LogP contribution in [0.1, 0.15) is 59.2 Å². The van der Waals surface area contributed by atoms with Crippen molar-refractivity contribution in [1.29, 1.82) is 0 Å². The first-order valence-corrected chi connectivity index (χ1v) is 13.9. The number of carbonyl (C=O) groups excluding carboxylic acids is 3. The Morgan fingerprint density at radius 2 is 1.28 bits per heavy atom. The van der Waals surface area contributed by atoms with Gasteiger partial charge >= 0.3 is 5.97 Å². The first-order chi connectivity index (χ1) is 20.9. The third kappa shape index (κ3) is 3.47. The summed E-state index contributed by atoms with van der Waals surface area (Å²) in [4.78, 5) is 52.8. The molecule has 1 aromatic heterocycles. The molecule has 204 valence electrons. The van der Waals surface area contributed by atoms with Gasteiger partial charge in [-0.1, -0.05) is 84.9 Å². The molecule has 6 nitrogen and oxygen atoms in total. The molecule has 1 heterocycles. The van der Waals surface area contributed by atoms with Crippen molar-refractivity contribution in [2.24, 2.45) is 0 Å². The van der Waals surface area contributed by atoms with Gasteiger partial charge in [0.15, 0.2) is 17.3 Å². The van der Waals surface area contributed by atoms with Crippen molar-refractivity contribution in [3.63, 3.8) is 0 Å². The number of nitrogens with zero attached hydrogens (tertiary/aromatic N) is 1. The number of benzene rings is 5. The van der Waals surface area contributed by atoms with Gasteiger partial charge in [-0.2, -0.15) is 0 Å². The minimum absolute atomic E-state index is 0.183. The summed E-state index contributed by atoms with van der Waals surface area (Å²) in [5.41, 5.74) is 5.60. The standard InChI is InChI=1S/C37H21NO5/c39-34-24-11-3-4-12-25(24)36(41)33-26(34)13-7-15-31(33)38-29-14-6-5-8-21(29)27-18-20(16-17-30(27)38)19-28-32(37(42)43)22-9-1-2-10-23(22)35(28)40/h1-19,32H,(H,42,43). The lowest BCUT2D eigenvalue weighted by molar-refractivity contribution is -0.137. The van der Waals surface area contributed by atoms with Crippen molar-refractivity contribution in [1.82, 2.24) is 4.57 Å². The molecule has 1 N–H and O–H groups in total. The summed E-state index contributed by atoms with van der Waals surface area (Å²) >= 11 is 0. The zero-order chi connectivity index (χ0) is 29.4. The maximum atomic E-state index is 13.8. The number of carboxylic acid groups (broad SMARTS) is 1. The summed E-state index contributed by atoms with van der Waals surface area (Å²) < 4.78 is 2.00. The third-order valence-corrected chi connectivity index (χ3v) is 8.53. The minimum atomic E-state index is -1.07. The van der Waals surface area contributed by atoms with E-state index < -0.39 is 11.9 Å². The van der Waals surface area contributed by atoms with Crippen LogP contribution in [0.15, 0.2) is 115 Å². The lowest BCUT2D eigenvalue weighted by atomic mass is 9.83. The monoisotopic (exact) mass is 559 g/mol. The first-order valence-electron chi connectivity index (χ1n) is 13.9. The Bertz CT molecular complexity index is 2290. The van der Waals surface area contributed by atoms with Crippen LogP contribution in [0.25, 0.3) is 33.6 Å². The van der Waals surface area contributed by atoms with Gasteiger partial charge in [-0.25, -0.2) is 0 Å². The summed E-state index contributed by atoms with van der Waals surface area (Å²) in [5, 5.41) is 11.8. The van der Waals surface area contributed by atoms with Crippen molar-refractivity contribution in [2.75, 3.05) is 0 Å².